The highest BCUT2D eigenvalue weighted by molar-refractivity contribution is 5.90. The summed E-state index contributed by atoms with van der Waals surface area (Å²) in [6, 6.07) is 11.4. The highest BCUT2D eigenvalue weighted by Crippen LogP contribution is 2.70. The number of hydrogen-bond donors (Lipinski definition) is 0. The molecule has 0 spiro atoms. The summed E-state index contributed by atoms with van der Waals surface area (Å²) < 4.78 is 0. The van der Waals surface area contributed by atoms with Crippen LogP contribution in [-0.4, -0.2) is 0 Å². The highest BCUT2D eigenvalue weighted by atomic mass is 14.6. The highest BCUT2D eigenvalue weighted by Gasteiger charge is 2.59. The molecule has 0 aromatic heterocycles. The zero-order valence-electron chi connectivity index (χ0n) is 27.4. The summed E-state index contributed by atoms with van der Waals surface area (Å²) in [7, 11) is 0. The van der Waals surface area contributed by atoms with Gasteiger partial charge in [0.05, 0.1) is 0 Å². The first-order chi connectivity index (χ1) is 19.0. The molecule has 0 saturated heterocycles. The van der Waals surface area contributed by atoms with Crippen molar-refractivity contribution in [3.63, 3.8) is 0 Å². The Bertz CT molecular complexity index is 1630. The fraction of sp³-hybridized carbons (Fsp3) is 0.415. The fourth-order valence-corrected chi connectivity index (χ4v) is 9.39. The van der Waals surface area contributed by atoms with Gasteiger partial charge < -0.3 is 0 Å². The molecule has 0 N–H and O–H groups in total. The first-order valence-corrected chi connectivity index (χ1v) is 15.4. The van der Waals surface area contributed by atoms with E-state index < -0.39 is 0 Å². The van der Waals surface area contributed by atoms with Gasteiger partial charge in [0.25, 0.3) is 0 Å². The van der Waals surface area contributed by atoms with Gasteiger partial charge in [0, 0.05) is 5.41 Å². The zero-order valence-corrected chi connectivity index (χ0v) is 27.4. The van der Waals surface area contributed by atoms with Crippen LogP contribution in [0.5, 0.6) is 0 Å². The molecule has 3 atom stereocenters. The molecule has 3 aliphatic carbocycles. The second kappa shape index (κ2) is 9.45. The second-order valence-electron chi connectivity index (χ2n) is 14.7. The molecule has 3 aliphatic rings. The van der Waals surface area contributed by atoms with E-state index in [4.69, 9.17) is 13.2 Å². The molecule has 0 saturated carbocycles. The quantitative estimate of drug-likeness (QED) is 0.360. The summed E-state index contributed by atoms with van der Waals surface area (Å²) in [6.07, 6.45) is 3.27. The third-order valence-corrected chi connectivity index (χ3v) is 11.3. The Morgan fingerprint density at radius 2 is 1.56 bits per heavy atom. The van der Waals surface area contributed by atoms with Crippen LogP contribution in [0.1, 0.15) is 109 Å². The summed E-state index contributed by atoms with van der Waals surface area (Å²) in [4.78, 5) is 0. The molecule has 2 aromatic rings. The minimum atomic E-state index is -0.141. The maximum atomic E-state index is 4.93. The van der Waals surface area contributed by atoms with E-state index >= 15 is 0 Å². The van der Waals surface area contributed by atoms with Crippen molar-refractivity contribution in [3.05, 3.63) is 118 Å². The minimum absolute atomic E-state index is 0.0289. The van der Waals surface area contributed by atoms with Crippen molar-refractivity contribution >= 4 is 11.1 Å². The molecule has 0 nitrogen and oxygen atoms in total. The van der Waals surface area contributed by atoms with Crippen LogP contribution >= 0.6 is 0 Å². The van der Waals surface area contributed by atoms with E-state index in [9.17, 15) is 0 Å². The summed E-state index contributed by atoms with van der Waals surface area (Å²) in [5.41, 5.74) is 19.8. The van der Waals surface area contributed by atoms with Gasteiger partial charge in [-0.25, -0.2) is 0 Å². The standard InChI is InChI=1S/C41H50/c1-23(2)31-16-15-17-32(18-31)34-19-33(24(3)4)35-21-39(12)22-40(13)20-26(7)36(25(5)6)29(10)41(40,14)30(11)38(39)28(9)37(35)27(34)8/h15-19,24H,1,5,9-10,20-22H2,2-4,6-8,11-14H3/t39-,40+,41-/m1/s1. The SMILES string of the molecule is C=C(C)C1=C(C)C[C@@]2(C)C[C@@]3(C)Cc4c(C(C)C)cc(-c5cccc(C(=C)C)c5)c(C)c4C(=C)C3=C(C)[C@@]2(C)C1=C. The van der Waals surface area contributed by atoms with Crippen molar-refractivity contribution in [1.29, 1.82) is 0 Å². The van der Waals surface area contributed by atoms with E-state index in [2.05, 4.69) is 113 Å². The van der Waals surface area contributed by atoms with E-state index in [0.717, 1.165) is 30.4 Å². The lowest BCUT2D eigenvalue weighted by atomic mass is 9.41. The number of fused-ring (bicyclic) bond motifs is 3. The second-order valence-corrected chi connectivity index (χ2v) is 14.7. The Morgan fingerprint density at radius 1 is 0.902 bits per heavy atom. The summed E-state index contributed by atoms with van der Waals surface area (Å²) in [5.74, 6) is 0.428. The van der Waals surface area contributed by atoms with E-state index in [1.807, 2.05) is 0 Å². The lowest BCUT2D eigenvalue weighted by Gasteiger charge is -2.62. The Kier molecular flexibility index (Phi) is 6.77. The summed E-state index contributed by atoms with van der Waals surface area (Å²) in [6.45, 7) is 41.7. The molecule has 5 rings (SSSR count). The van der Waals surface area contributed by atoms with E-state index in [1.165, 1.54) is 72.4 Å². The molecular formula is C41H50. The largest absolute Gasteiger partial charge is 0.0955 e. The first-order valence-electron chi connectivity index (χ1n) is 15.4. The van der Waals surface area contributed by atoms with Crippen LogP contribution in [0.2, 0.25) is 0 Å². The fourth-order valence-electron chi connectivity index (χ4n) is 9.39. The molecule has 0 amide bonds. The van der Waals surface area contributed by atoms with Crippen molar-refractivity contribution in [2.75, 3.05) is 0 Å². The van der Waals surface area contributed by atoms with Crippen LogP contribution in [0.15, 0.2) is 90.1 Å². The molecule has 0 heterocycles. The van der Waals surface area contributed by atoms with Gasteiger partial charge in [0.15, 0.2) is 0 Å². The molecule has 0 aliphatic heterocycles. The topological polar surface area (TPSA) is 0 Å². The van der Waals surface area contributed by atoms with Crippen LogP contribution < -0.4 is 0 Å². The van der Waals surface area contributed by atoms with Crippen LogP contribution in [0.4, 0.5) is 0 Å². The third kappa shape index (κ3) is 4.00. The number of allylic oxidation sites excluding steroid dienone is 8. The van der Waals surface area contributed by atoms with Crippen LogP contribution in [0.25, 0.3) is 22.3 Å². The minimum Gasteiger partial charge on any atom is -0.0955 e. The van der Waals surface area contributed by atoms with Crippen molar-refractivity contribution in [2.45, 2.75) is 94.4 Å². The predicted octanol–water partition coefficient (Wildman–Crippen LogP) is 12.0. The maximum absolute atomic E-state index is 4.93. The van der Waals surface area contributed by atoms with Crippen molar-refractivity contribution < 1.29 is 0 Å². The van der Waals surface area contributed by atoms with Gasteiger partial charge >= 0.3 is 0 Å². The van der Waals surface area contributed by atoms with Crippen molar-refractivity contribution in [3.8, 4) is 11.1 Å². The Morgan fingerprint density at radius 3 is 2.15 bits per heavy atom. The van der Waals surface area contributed by atoms with Gasteiger partial charge in [-0.1, -0.05) is 107 Å². The van der Waals surface area contributed by atoms with Gasteiger partial charge in [-0.15, -0.1) is 0 Å². The van der Waals surface area contributed by atoms with E-state index in [-0.39, 0.29) is 16.2 Å². The Labute approximate surface area is 250 Å². The molecule has 0 unspecified atom stereocenters. The molecule has 0 fully saturated rings. The average molecular weight is 543 g/mol. The van der Waals surface area contributed by atoms with E-state index in [1.54, 1.807) is 0 Å². The normalized spacial score (nSPS) is 27.6. The van der Waals surface area contributed by atoms with Crippen LogP contribution in [0, 0.1) is 23.2 Å². The molecular weight excluding hydrogens is 492 g/mol. The predicted molar refractivity (Wildman–Crippen MR) is 181 cm³/mol. The average Bonchev–Trinajstić information content (AvgIpc) is 2.85. The Balaban J connectivity index is 1.79. The smallest absolute Gasteiger partial charge is 0.0194 e. The molecule has 0 bridgehead atoms. The molecule has 41 heavy (non-hydrogen) atoms. The van der Waals surface area contributed by atoms with Crippen molar-refractivity contribution in [2.24, 2.45) is 16.2 Å². The molecule has 214 valence electrons. The molecule has 0 radical (unpaired) electrons. The third-order valence-electron chi connectivity index (χ3n) is 11.3. The Hall–Kier alpha value is -3.12. The monoisotopic (exact) mass is 542 g/mol. The maximum Gasteiger partial charge on any atom is 0.0194 e. The van der Waals surface area contributed by atoms with Gasteiger partial charge in [-0.2, -0.15) is 0 Å². The van der Waals surface area contributed by atoms with Crippen LogP contribution in [0.3, 0.4) is 0 Å². The zero-order chi connectivity index (χ0) is 30.4. The van der Waals surface area contributed by atoms with Gasteiger partial charge in [0.1, 0.15) is 0 Å². The summed E-state index contributed by atoms with van der Waals surface area (Å²) >= 11 is 0. The lowest BCUT2D eigenvalue weighted by Crippen LogP contribution is -2.52. The number of benzene rings is 2. The first kappa shape index (κ1) is 29.4. The molecule has 0 heteroatoms. The number of hydrogen-bond acceptors (Lipinski definition) is 0. The van der Waals surface area contributed by atoms with Crippen molar-refractivity contribution in [1.82, 2.24) is 0 Å². The summed E-state index contributed by atoms with van der Waals surface area (Å²) in [5, 5.41) is 0. The number of rotatable bonds is 4. The van der Waals surface area contributed by atoms with E-state index in [0.29, 0.717) is 5.92 Å². The van der Waals surface area contributed by atoms with Crippen LogP contribution in [-0.2, 0) is 6.42 Å². The van der Waals surface area contributed by atoms with Gasteiger partial charge in [-0.05, 0) is 138 Å². The lowest BCUT2D eigenvalue weighted by molar-refractivity contribution is 0.0543. The van der Waals surface area contributed by atoms with Gasteiger partial charge in [-0.3, -0.25) is 0 Å². The molecule has 2 aromatic carbocycles. The van der Waals surface area contributed by atoms with Gasteiger partial charge in [0.2, 0.25) is 0 Å².